The normalized spacial score (nSPS) is 25.9. The van der Waals surface area contributed by atoms with E-state index in [9.17, 15) is 19.3 Å². The zero-order chi connectivity index (χ0) is 16.4. The Bertz CT molecular complexity index is 532. The van der Waals surface area contributed by atoms with Gasteiger partial charge < -0.3 is 29.8 Å². The zero-order valence-corrected chi connectivity index (χ0v) is 11.3. The van der Waals surface area contributed by atoms with Crippen molar-refractivity contribution >= 4 is 19.8 Å². The van der Waals surface area contributed by atoms with Crippen LogP contribution >= 0.6 is 7.82 Å². The van der Waals surface area contributed by atoms with E-state index in [1.54, 1.807) is 0 Å². The number of carboxylic acids is 2. The summed E-state index contributed by atoms with van der Waals surface area (Å²) in [5.74, 6) is -3.70. The molecule has 0 radical (unpaired) electrons. The number of ether oxygens (including phenoxy) is 1. The van der Waals surface area contributed by atoms with E-state index >= 15 is 0 Å². The second-order valence-corrected chi connectivity index (χ2v) is 5.33. The Morgan fingerprint density at radius 2 is 1.90 bits per heavy atom. The van der Waals surface area contributed by atoms with Crippen LogP contribution in [0.25, 0.3) is 0 Å². The van der Waals surface area contributed by atoms with Gasteiger partial charge in [-0.1, -0.05) is 0 Å². The molecule has 0 aromatic rings. The summed E-state index contributed by atoms with van der Waals surface area (Å²) in [7, 11) is -5.00. The summed E-state index contributed by atoms with van der Waals surface area (Å²) in [5, 5.41) is 27.4. The summed E-state index contributed by atoms with van der Waals surface area (Å²) in [6, 6.07) is 0. The van der Waals surface area contributed by atoms with Crippen molar-refractivity contribution in [2.75, 3.05) is 0 Å². The third-order valence-corrected chi connectivity index (χ3v) is 3.09. The average Bonchev–Trinajstić information content (AvgIpc) is 2.31. The number of phosphoric ester groups is 1. The SMILES string of the molecule is C=C(OC1CC(C(=O)O)=CC(OP(=O)(O)O)C1O)C(=O)O. The van der Waals surface area contributed by atoms with Crippen LogP contribution in [0.3, 0.4) is 0 Å². The van der Waals surface area contributed by atoms with Crippen molar-refractivity contribution in [3.63, 3.8) is 0 Å². The maximum absolute atomic E-state index is 10.9. The van der Waals surface area contributed by atoms with E-state index < -0.39 is 43.8 Å². The van der Waals surface area contributed by atoms with Crippen molar-refractivity contribution in [3.8, 4) is 0 Å². The number of phosphoric acid groups is 1. The highest BCUT2D eigenvalue weighted by Gasteiger charge is 2.39. The molecule has 1 aliphatic carbocycles. The van der Waals surface area contributed by atoms with E-state index in [0.717, 1.165) is 6.08 Å². The molecule has 1 aliphatic rings. The lowest BCUT2D eigenvalue weighted by molar-refractivity contribution is -0.141. The highest BCUT2D eigenvalue weighted by Crippen LogP contribution is 2.41. The first kappa shape index (κ1) is 17.3. The maximum atomic E-state index is 10.9. The number of aliphatic hydroxyl groups excluding tert-OH is 1. The molecule has 3 atom stereocenters. The molecular weight excluding hydrogens is 311 g/mol. The van der Waals surface area contributed by atoms with Crippen LogP contribution in [0.4, 0.5) is 0 Å². The molecule has 118 valence electrons. The number of carboxylic acid groups (broad SMARTS) is 2. The van der Waals surface area contributed by atoms with Gasteiger partial charge in [-0.05, 0) is 12.7 Å². The molecule has 3 unspecified atom stereocenters. The van der Waals surface area contributed by atoms with Gasteiger partial charge in [0, 0.05) is 12.0 Å². The van der Waals surface area contributed by atoms with E-state index in [-0.39, 0.29) is 12.0 Å². The molecule has 0 saturated carbocycles. The van der Waals surface area contributed by atoms with E-state index in [1.165, 1.54) is 0 Å². The predicted octanol–water partition coefficient (Wildman–Crippen LogP) is -0.777. The van der Waals surface area contributed by atoms with Crippen molar-refractivity contribution in [2.24, 2.45) is 0 Å². The fourth-order valence-electron chi connectivity index (χ4n) is 1.67. The number of aliphatic hydroxyl groups is 1. The Morgan fingerprint density at radius 1 is 1.33 bits per heavy atom. The Kier molecular flexibility index (Phi) is 5.26. The highest BCUT2D eigenvalue weighted by molar-refractivity contribution is 7.46. The van der Waals surface area contributed by atoms with Crippen molar-refractivity contribution in [2.45, 2.75) is 24.7 Å². The summed E-state index contributed by atoms with van der Waals surface area (Å²) >= 11 is 0. The van der Waals surface area contributed by atoms with Gasteiger partial charge in [-0.15, -0.1) is 0 Å². The first-order chi connectivity index (χ1) is 9.51. The van der Waals surface area contributed by atoms with Gasteiger partial charge in [-0.2, -0.15) is 0 Å². The molecule has 1 rings (SSSR count). The van der Waals surface area contributed by atoms with Gasteiger partial charge in [0.25, 0.3) is 0 Å². The molecule has 21 heavy (non-hydrogen) atoms. The van der Waals surface area contributed by atoms with Crippen LogP contribution < -0.4 is 0 Å². The Labute approximate surface area is 118 Å². The van der Waals surface area contributed by atoms with E-state index in [0.29, 0.717) is 0 Å². The van der Waals surface area contributed by atoms with Gasteiger partial charge in [0.05, 0.1) is 0 Å². The Morgan fingerprint density at radius 3 is 2.33 bits per heavy atom. The molecule has 0 aliphatic heterocycles. The van der Waals surface area contributed by atoms with Gasteiger partial charge in [-0.25, -0.2) is 14.2 Å². The number of carbonyl (C=O) groups is 2. The largest absolute Gasteiger partial charge is 0.480 e. The molecule has 0 heterocycles. The van der Waals surface area contributed by atoms with E-state index in [2.05, 4.69) is 11.1 Å². The minimum atomic E-state index is -5.00. The molecule has 0 spiro atoms. The molecule has 10 nitrogen and oxygen atoms in total. The molecule has 11 heteroatoms. The predicted molar refractivity (Wildman–Crippen MR) is 64.9 cm³/mol. The number of aliphatic carboxylic acids is 2. The topological polar surface area (TPSA) is 171 Å². The van der Waals surface area contributed by atoms with Crippen LogP contribution in [-0.4, -0.2) is 55.4 Å². The van der Waals surface area contributed by atoms with Gasteiger partial charge in [0.2, 0.25) is 0 Å². The lowest BCUT2D eigenvalue weighted by Gasteiger charge is -2.32. The fraction of sp³-hybridized carbons (Fsp3) is 0.400. The standard InChI is InChI=1S/C10H13O10P/c1-4(9(12)13)19-6-2-5(10(14)15)3-7(8(6)11)20-21(16,17)18/h3,6-8,11H,1-2H2,(H,12,13)(H,14,15)(H2,16,17,18). The third-order valence-electron chi connectivity index (χ3n) is 2.57. The monoisotopic (exact) mass is 324 g/mol. The van der Waals surface area contributed by atoms with Crippen molar-refractivity contribution < 1.29 is 48.5 Å². The first-order valence-corrected chi connectivity index (χ1v) is 6.99. The Balaban J connectivity index is 3.00. The molecule has 0 saturated heterocycles. The molecule has 0 fully saturated rings. The second kappa shape index (κ2) is 6.37. The average molecular weight is 324 g/mol. The molecule has 0 amide bonds. The van der Waals surface area contributed by atoms with Gasteiger partial charge in [-0.3, -0.25) is 4.52 Å². The summed E-state index contributed by atoms with van der Waals surface area (Å²) in [5.41, 5.74) is -0.345. The third kappa shape index (κ3) is 4.96. The van der Waals surface area contributed by atoms with Crippen LogP contribution in [0.1, 0.15) is 6.42 Å². The molecule has 0 bridgehead atoms. The van der Waals surface area contributed by atoms with Gasteiger partial charge in [0.1, 0.15) is 18.3 Å². The number of rotatable bonds is 6. The second-order valence-electron chi connectivity index (χ2n) is 4.14. The lowest BCUT2D eigenvalue weighted by atomic mass is 9.92. The Hall–Kier alpha value is -1.71. The van der Waals surface area contributed by atoms with Crippen LogP contribution in [-0.2, 0) is 23.4 Å². The molecule has 0 aromatic carbocycles. The van der Waals surface area contributed by atoms with Crippen molar-refractivity contribution in [1.29, 1.82) is 0 Å². The number of hydrogen-bond acceptors (Lipinski definition) is 6. The van der Waals surface area contributed by atoms with Crippen molar-refractivity contribution in [3.05, 3.63) is 24.0 Å². The van der Waals surface area contributed by atoms with Gasteiger partial charge >= 0.3 is 19.8 Å². The fourth-order valence-corrected chi connectivity index (χ4v) is 2.17. The first-order valence-electron chi connectivity index (χ1n) is 5.46. The quantitative estimate of drug-likeness (QED) is 0.237. The maximum Gasteiger partial charge on any atom is 0.470 e. The molecule has 5 N–H and O–H groups in total. The molecular formula is C10H13O10P. The number of hydrogen-bond donors (Lipinski definition) is 5. The summed E-state index contributed by atoms with van der Waals surface area (Å²) in [4.78, 5) is 39.0. The minimum Gasteiger partial charge on any atom is -0.480 e. The lowest BCUT2D eigenvalue weighted by Crippen LogP contribution is -2.43. The van der Waals surface area contributed by atoms with Crippen LogP contribution in [0.5, 0.6) is 0 Å². The van der Waals surface area contributed by atoms with Crippen LogP contribution in [0.2, 0.25) is 0 Å². The smallest absolute Gasteiger partial charge is 0.470 e. The summed E-state index contributed by atoms with van der Waals surface area (Å²) < 4.78 is 19.9. The minimum absolute atomic E-state index is 0.345. The van der Waals surface area contributed by atoms with E-state index in [1.807, 2.05) is 0 Å². The summed E-state index contributed by atoms with van der Waals surface area (Å²) in [6.45, 7) is 3.06. The van der Waals surface area contributed by atoms with Crippen LogP contribution in [0, 0.1) is 0 Å². The van der Waals surface area contributed by atoms with E-state index in [4.69, 9.17) is 24.7 Å². The van der Waals surface area contributed by atoms with Crippen LogP contribution in [0.15, 0.2) is 24.0 Å². The molecule has 0 aromatic heterocycles. The highest BCUT2D eigenvalue weighted by atomic mass is 31.2. The van der Waals surface area contributed by atoms with Gasteiger partial charge in [0.15, 0.2) is 5.76 Å². The zero-order valence-electron chi connectivity index (χ0n) is 10.4. The van der Waals surface area contributed by atoms with Crippen molar-refractivity contribution in [1.82, 2.24) is 0 Å². The summed E-state index contributed by atoms with van der Waals surface area (Å²) in [6.07, 6.45) is -4.30.